The van der Waals surface area contributed by atoms with Gasteiger partial charge in [0, 0.05) is 55.8 Å². The number of fused-ring (bicyclic) bond motifs is 1. The molecule has 0 fully saturated rings. The molecule has 0 saturated heterocycles. The third-order valence-electron chi connectivity index (χ3n) is 4.37. The van der Waals surface area contributed by atoms with Crippen LogP contribution in [0.4, 0.5) is 4.39 Å². The Morgan fingerprint density at radius 2 is 2.12 bits per heavy atom. The molecular formula is C18H15ClFN5O. The van der Waals surface area contributed by atoms with E-state index in [2.05, 4.69) is 19.9 Å². The Bertz CT molecular complexity index is 1010. The molecule has 4 rings (SSSR count). The molecule has 0 aromatic carbocycles. The van der Waals surface area contributed by atoms with E-state index in [1.807, 2.05) is 4.90 Å². The van der Waals surface area contributed by atoms with Crippen molar-refractivity contribution in [3.8, 4) is 11.4 Å². The monoisotopic (exact) mass is 371 g/mol. The molecule has 0 radical (unpaired) electrons. The first-order valence-corrected chi connectivity index (χ1v) is 8.52. The summed E-state index contributed by atoms with van der Waals surface area (Å²) in [7, 11) is 0. The van der Waals surface area contributed by atoms with Crippen molar-refractivity contribution in [1.29, 1.82) is 0 Å². The Labute approximate surface area is 153 Å². The number of hydrogen-bond acceptors (Lipinski definition) is 5. The van der Waals surface area contributed by atoms with Crippen LogP contribution in [0.3, 0.4) is 0 Å². The van der Waals surface area contributed by atoms with Gasteiger partial charge >= 0.3 is 0 Å². The lowest BCUT2D eigenvalue weighted by Crippen LogP contribution is -2.35. The van der Waals surface area contributed by atoms with Gasteiger partial charge in [0.15, 0.2) is 0 Å². The van der Waals surface area contributed by atoms with Gasteiger partial charge in [-0.25, -0.2) is 9.97 Å². The summed E-state index contributed by atoms with van der Waals surface area (Å²) in [5.74, 6) is -0.00467. The lowest BCUT2D eigenvalue weighted by atomic mass is 10.1. The van der Waals surface area contributed by atoms with Crippen LogP contribution in [0, 0.1) is 5.95 Å². The minimum absolute atomic E-state index is 0.170. The fourth-order valence-corrected chi connectivity index (χ4v) is 3.26. The van der Waals surface area contributed by atoms with Crippen molar-refractivity contribution in [2.75, 3.05) is 6.54 Å². The summed E-state index contributed by atoms with van der Waals surface area (Å²) in [5.41, 5.74) is 2.45. The zero-order valence-electron chi connectivity index (χ0n) is 13.7. The number of aromatic nitrogens is 4. The zero-order chi connectivity index (χ0) is 18.1. The summed E-state index contributed by atoms with van der Waals surface area (Å²) in [5, 5.41) is 0.389. The zero-order valence-corrected chi connectivity index (χ0v) is 14.5. The molecule has 3 aromatic heterocycles. The van der Waals surface area contributed by atoms with E-state index in [1.165, 1.54) is 6.20 Å². The van der Waals surface area contributed by atoms with E-state index in [1.54, 1.807) is 30.6 Å². The summed E-state index contributed by atoms with van der Waals surface area (Å²) < 4.78 is 13.9. The predicted octanol–water partition coefficient (Wildman–Crippen LogP) is 2.58. The van der Waals surface area contributed by atoms with Crippen LogP contribution in [0.2, 0.25) is 5.02 Å². The van der Waals surface area contributed by atoms with E-state index < -0.39 is 5.95 Å². The molecule has 132 valence electrons. The quantitative estimate of drug-likeness (QED) is 0.716. The molecule has 0 saturated carbocycles. The molecule has 0 unspecified atom stereocenters. The molecule has 0 atom stereocenters. The van der Waals surface area contributed by atoms with E-state index in [-0.39, 0.29) is 5.56 Å². The number of halogens is 2. The van der Waals surface area contributed by atoms with Crippen molar-refractivity contribution in [2.45, 2.75) is 19.5 Å². The van der Waals surface area contributed by atoms with Crippen LogP contribution in [0.25, 0.3) is 11.4 Å². The first kappa shape index (κ1) is 16.8. The molecule has 26 heavy (non-hydrogen) atoms. The number of rotatable bonds is 3. The molecule has 3 aromatic rings. The first-order valence-electron chi connectivity index (χ1n) is 8.15. The van der Waals surface area contributed by atoms with Crippen LogP contribution >= 0.6 is 11.6 Å². The second-order valence-electron chi connectivity index (χ2n) is 6.14. The van der Waals surface area contributed by atoms with Gasteiger partial charge in [-0.3, -0.25) is 14.7 Å². The second-order valence-corrected chi connectivity index (χ2v) is 6.58. The lowest BCUT2D eigenvalue weighted by Gasteiger charge is -2.27. The number of H-pyrrole nitrogens is 1. The van der Waals surface area contributed by atoms with Gasteiger partial charge < -0.3 is 4.98 Å². The Morgan fingerprint density at radius 3 is 2.92 bits per heavy atom. The molecule has 1 N–H and O–H groups in total. The predicted molar refractivity (Wildman–Crippen MR) is 95.1 cm³/mol. The van der Waals surface area contributed by atoms with E-state index in [0.29, 0.717) is 48.0 Å². The first-order chi connectivity index (χ1) is 12.6. The number of nitrogens with zero attached hydrogens (tertiary/aromatic N) is 4. The fraction of sp³-hybridized carbons (Fsp3) is 0.222. The molecule has 6 nitrogen and oxygen atoms in total. The van der Waals surface area contributed by atoms with E-state index in [4.69, 9.17) is 11.6 Å². The van der Waals surface area contributed by atoms with Crippen molar-refractivity contribution >= 4 is 11.6 Å². The maximum absolute atomic E-state index is 13.9. The van der Waals surface area contributed by atoms with E-state index in [9.17, 15) is 9.18 Å². The number of hydrogen-bond donors (Lipinski definition) is 1. The molecule has 4 heterocycles. The van der Waals surface area contributed by atoms with Crippen molar-refractivity contribution < 1.29 is 4.39 Å². The molecule has 1 aliphatic heterocycles. The Hall–Kier alpha value is -2.64. The highest BCUT2D eigenvalue weighted by atomic mass is 35.5. The summed E-state index contributed by atoms with van der Waals surface area (Å²) in [6.07, 6.45) is 5.21. The van der Waals surface area contributed by atoms with Crippen LogP contribution in [0.1, 0.15) is 16.8 Å². The van der Waals surface area contributed by atoms with Crippen molar-refractivity contribution in [1.82, 2.24) is 24.8 Å². The average Bonchev–Trinajstić information content (AvgIpc) is 2.66. The minimum atomic E-state index is -0.541. The summed E-state index contributed by atoms with van der Waals surface area (Å²) >= 11 is 5.90. The highest BCUT2D eigenvalue weighted by Crippen LogP contribution is 2.21. The summed E-state index contributed by atoms with van der Waals surface area (Å²) in [6.45, 7) is 1.41. The van der Waals surface area contributed by atoms with Crippen molar-refractivity contribution in [3.63, 3.8) is 0 Å². The SMILES string of the molecule is O=c1[nH]c(-c2ccncc2)nc2c1CN(Cc1cc(Cl)cnc1F)CC2. The van der Waals surface area contributed by atoms with Crippen LogP contribution in [0.15, 0.2) is 41.6 Å². The van der Waals surface area contributed by atoms with Crippen LogP contribution in [0.5, 0.6) is 0 Å². The van der Waals surface area contributed by atoms with Gasteiger partial charge in [-0.1, -0.05) is 11.6 Å². The Morgan fingerprint density at radius 1 is 1.31 bits per heavy atom. The van der Waals surface area contributed by atoms with Gasteiger partial charge in [0.25, 0.3) is 5.56 Å². The highest BCUT2D eigenvalue weighted by Gasteiger charge is 2.22. The maximum Gasteiger partial charge on any atom is 0.255 e. The highest BCUT2D eigenvalue weighted by molar-refractivity contribution is 6.30. The maximum atomic E-state index is 13.9. The normalized spacial score (nSPS) is 14.2. The lowest BCUT2D eigenvalue weighted by molar-refractivity contribution is 0.237. The molecule has 1 aliphatic rings. The van der Waals surface area contributed by atoms with Gasteiger partial charge in [0.1, 0.15) is 5.82 Å². The van der Waals surface area contributed by atoms with Crippen molar-refractivity contribution in [2.24, 2.45) is 0 Å². The standard InChI is InChI=1S/C18H15ClFN5O/c19-13-7-12(16(20)22-8-13)9-25-6-3-15-14(10-25)18(26)24-17(23-15)11-1-4-21-5-2-11/h1-2,4-5,7-8H,3,6,9-10H2,(H,23,24,26). The van der Waals surface area contributed by atoms with Gasteiger partial charge in [-0.05, 0) is 18.2 Å². The average molecular weight is 372 g/mol. The molecule has 0 aliphatic carbocycles. The smallest absolute Gasteiger partial charge is 0.255 e. The molecular weight excluding hydrogens is 357 g/mol. The molecule has 8 heteroatoms. The van der Waals surface area contributed by atoms with Crippen LogP contribution in [-0.4, -0.2) is 31.4 Å². The minimum Gasteiger partial charge on any atom is -0.306 e. The summed E-state index contributed by atoms with van der Waals surface area (Å²) in [4.78, 5) is 29.6. The second kappa shape index (κ2) is 6.93. The van der Waals surface area contributed by atoms with Crippen LogP contribution in [-0.2, 0) is 19.5 Å². The van der Waals surface area contributed by atoms with E-state index in [0.717, 1.165) is 11.3 Å². The van der Waals surface area contributed by atoms with Gasteiger partial charge in [-0.2, -0.15) is 4.39 Å². The summed E-state index contributed by atoms with van der Waals surface area (Å²) in [6, 6.07) is 5.16. The Kier molecular flexibility index (Phi) is 4.48. The third-order valence-corrected chi connectivity index (χ3v) is 4.58. The number of aromatic amines is 1. The Balaban J connectivity index is 1.59. The topological polar surface area (TPSA) is 74.8 Å². The number of nitrogens with one attached hydrogen (secondary N) is 1. The third kappa shape index (κ3) is 3.36. The fourth-order valence-electron chi connectivity index (χ4n) is 3.08. The molecule has 0 bridgehead atoms. The van der Waals surface area contributed by atoms with Gasteiger partial charge in [-0.15, -0.1) is 0 Å². The number of pyridine rings is 2. The molecule has 0 spiro atoms. The van der Waals surface area contributed by atoms with E-state index >= 15 is 0 Å². The molecule has 0 amide bonds. The van der Waals surface area contributed by atoms with Crippen LogP contribution < -0.4 is 5.56 Å². The van der Waals surface area contributed by atoms with Crippen molar-refractivity contribution in [3.05, 3.63) is 74.9 Å². The van der Waals surface area contributed by atoms with Gasteiger partial charge in [0.2, 0.25) is 5.95 Å². The largest absolute Gasteiger partial charge is 0.306 e. The van der Waals surface area contributed by atoms with Gasteiger partial charge in [0.05, 0.1) is 16.3 Å².